The monoisotopic (exact) mass is 215 g/mol. The van der Waals surface area contributed by atoms with Crippen molar-refractivity contribution in [1.29, 1.82) is 0 Å². The Balaban J connectivity index is 3.30. The second kappa shape index (κ2) is 10.4. The van der Waals surface area contributed by atoms with E-state index >= 15 is 0 Å². The molecule has 0 aromatic carbocycles. The van der Waals surface area contributed by atoms with Crippen LogP contribution in [0, 0.1) is 18.6 Å². The van der Waals surface area contributed by atoms with E-state index in [1.165, 1.54) is 32.5 Å². The standard InChI is InChI=1S/C13H27O2/c1-5-12(6-2)9-14-11-15-10-13(7-3)8-4/h11-13H,5-10H2,1-4H3. The predicted molar refractivity (Wildman–Crippen MR) is 64.3 cm³/mol. The molecule has 0 saturated heterocycles. The molecule has 0 fully saturated rings. The summed E-state index contributed by atoms with van der Waals surface area (Å²) in [5, 5.41) is 0. The van der Waals surface area contributed by atoms with Gasteiger partial charge in [0, 0.05) is 0 Å². The van der Waals surface area contributed by atoms with E-state index in [4.69, 9.17) is 9.47 Å². The fourth-order valence-corrected chi connectivity index (χ4v) is 1.45. The van der Waals surface area contributed by atoms with Gasteiger partial charge in [-0.05, 0) is 11.8 Å². The zero-order valence-corrected chi connectivity index (χ0v) is 10.8. The van der Waals surface area contributed by atoms with Crippen LogP contribution >= 0.6 is 0 Å². The van der Waals surface area contributed by atoms with Crippen LogP contribution in [0.2, 0.25) is 0 Å². The van der Waals surface area contributed by atoms with Gasteiger partial charge in [0.1, 0.15) is 0 Å². The van der Waals surface area contributed by atoms with Crippen LogP contribution in [0.25, 0.3) is 0 Å². The Morgan fingerprint density at radius 3 is 1.33 bits per heavy atom. The van der Waals surface area contributed by atoms with E-state index in [-0.39, 0.29) is 0 Å². The Morgan fingerprint density at radius 1 is 0.733 bits per heavy atom. The second-order valence-electron chi connectivity index (χ2n) is 4.13. The molecule has 91 valence electrons. The summed E-state index contributed by atoms with van der Waals surface area (Å²) in [5.74, 6) is 1.33. The first-order valence-electron chi connectivity index (χ1n) is 6.33. The molecule has 0 rings (SSSR count). The van der Waals surface area contributed by atoms with Crippen LogP contribution in [0.4, 0.5) is 0 Å². The molecule has 0 aliphatic carbocycles. The van der Waals surface area contributed by atoms with Gasteiger partial charge in [-0.3, -0.25) is 0 Å². The molecule has 0 aromatic rings. The third-order valence-electron chi connectivity index (χ3n) is 3.11. The van der Waals surface area contributed by atoms with E-state index in [9.17, 15) is 0 Å². The van der Waals surface area contributed by atoms with Gasteiger partial charge in [-0.25, -0.2) is 0 Å². The van der Waals surface area contributed by atoms with Crippen molar-refractivity contribution in [2.24, 2.45) is 11.8 Å². The van der Waals surface area contributed by atoms with Gasteiger partial charge >= 0.3 is 0 Å². The van der Waals surface area contributed by atoms with Gasteiger partial charge in [-0.2, -0.15) is 0 Å². The van der Waals surface area contributed by atoms with Gasteiger partial charge in [-0.15, -0.1) is 0 Å². The molecule has 0 aliphatic rings. The number of hydrogen-bond donors (Lipinski definition) is 0. The molecule has 0 N–H and O–H groups in total. The zero-order chi connectivity index (χ0) is 11.5. The maximum absolute atomic E-state index is 5.37. The van der Waals surface area contributed by atoms with E-state index in [0.29, 0.717) is 11.8 Å². The Hall–Kier alpha value is -0.0800. The van der Waals surface area contributed by atoms with Crippen molar-refractivity contribution in [2.45, 2.75) is 53.4 Å². The summed E-state index contributed by atoms with van der Waals surface area (Å²) in [6.45, 7) is 11.9. The highest BCUT2D eigenvalue weighted by Crippen LogP contribution is 2.10. The van der Waals surface area contributed by atoms with Gasteiger partial charge < -0.3 is 9.47 Å². The van der Waals surface area contributed by atoms with Crippen molar-refractivity contribution in [3.8, 4) is 0 Å². The molecule has 0 spiro atoms. The molecule has 0 atom stereocenters. The Morgan fingerprint density at radius 2 is 1.07 bits per heavy atom. The Bertz CT molecular complexity index is 104. The van der Waals surface area contributed by atoms with Crippen molar-refractivity contribution in [3.63, 3.8) is 0 Å². The van der Waals surface area contributed by atoms with Crippen LogP contribution in [0.15, 0.2) is 0 Å². The van der Waals surface area contributed by atoms with Crippen LogP contribution < -0.4 is 0 Å². The lowest BCUT2D eigenvalue weighted by Crippen LogP contribution is -2.10. The first kappa shape index (κ1) is 14.9. The van der Waals surface area contributed by atoms with E-state index in [2.05, 4.69) is 27.7 Å². The summed E-state index contributed by atoms with van der Waals surface area (Å²) in [4.78, 5) is 0. The third kappa shape index (κ3) is 7.80. The summed E-state index contributed by atoms with van der Waals surface area (Å²) >= 11 is 0. The maximum Gasteiger partial charge on any atom is 0.209 e. The predicted octanol–water partition coefficient (Wildman–Crippen LogP) is 4.01. The van der Waals surface area contributed by atoms with Crippen molar-refractivity contribution >= 4 is 0 Å². The molecule has 0 unspecified atom stereocenters. The lowest BCUT2D eigenvalue weighted by Gasteiger charge is -2.14. The van der Waals surface area contributed by atoms with Gasteiger partial charge in [0.05, 0.1) is 13.2 Å². The second-order valence-corrected chi connectivity index (χ2v) is 4.13. The minimum atomic E-state index is 0.665. The van der Waals surface area contributed by atoms with Crippen molar-refractivity contribution in [2.75, 3.05) is 13.2 Å². The van der Waals surface area contributed by atoms with Crippen LogP contribution in [-0.4, -0.2) is 13.2 Å². The van der Waals surface area contributed by atoms with E-state index < -0.39 is 0 Å². The highest BCUT2D eigenvalue weighted by molar-refractivity contribution is 4.54. The highest BCUT2D eigenvalue weighted by Gasteiger charge is 2.05. The van der Waals surface area contributed by atoms with Gasteiger partial charge in [-0.1, -0.05) is 53.4 Å². The van der Waals surface area contributed by atoms with E-state index in [0.717, 1.165) is 13.2 Å². The summed E-state index contributed by atoms with van der Waals surface area (Å²) < 4.78 is 10.7. The lowest BCUT2D eigenvalue weighted by atomic mass is 10.1. The first-order valence-corrected chi connectivity index (χ1v) is 6.33. The minimum Gasteiger partial charge on any atom is -0.348 e. The Labute approximate surface area is 95.3 Å². The molecule has 0 amide bonds. The third-order valence-corrected chi connectivity index (χ3v) is 3.11. The van der Waals surface area contributed by atoms with Crippen molar-refractivity contribution in [1.82, 2.24) is 0 Å². The quantitative estimate of drug-likeness (QED) is 0.513. The number of hydrogen-bond acceptors (Lipinski definition) is 2. The number of rotatable bonds is 10. The van der Waals surface area contributed by atoms with Crippen LogP contribution in [0.1, 0.15) is 53.4 Å². The zero-order valence-electron chi connectivity index (χ0n) is 10.8. The normalized spacial score (nSPS) is 11.6. The molecule has 0 saturated carbocycles. The first-order chi connectivity index (χ1) is 7.28. The maximum atomic E-state index is 5.37. The molecule has 2 nitrogen and oxygen atoms in total. The average Bonchev–Trinajstić information content (AvgIpc) is 2.29. The molecular weight excluding hydrogens is 188 g/mol. The minimum absolute atomic E-state index is 0.665. The fraction of sp³-hybridized carbons (Fsp3) is 0.923. The molecule has 0 aromatic heterocycles. The summed E-state index contributed by atoms with van der Waals surface area (Å²) in [5.41, 5.74) is 0. The Kier molecular flexibility index (Phi) is 10.4. The van der Waals surface area contributed by atoms with Crippen LogP contribution in [0.5, 0.6) is 0 Å². The van der Waals surface area contributed by atoms with Gasteiger partial charge in [0.2, 0.25) is 6.79 Å². The molecule has 0 heterocycles. The van der Waals surface area contributed by atoms with Crippen LogP contribution in [0.3, 0.4) is 0 Å². The number of ether oxygens (including phenoxy) is 2. The van der Waals surface area contributed by atoms with Gasteiger partial charge in [0.25, 0.3) is 0 Å². The highest BCUT2D eigenvalue weighted by atomic mass is 16.7. The smallest absolute Gasteiger partial charge is 0.209 e. The summed E-state index contributed by atoms with van der Waals surface area (Å²) in [6, 6.07) is 0. The SMILES string of the molecule is CCC(CC)CO[CH]OCC(CC)CC. The molecule has 0 aliphatic heterocycles. The molecule has 15 heavy (non-hydrogen) atoms. The topological polar surface area (TPSA) is 18.5 Å². The molecular formula is C13H27O2. The van der Waals surface area contributed by atoms with Crippen molar-refractivity contribution < 1.29 is 9.47 Å². The summed E-state index contributed by atoms with van der Waals surface area (Å²) in [6.07, 6.45) is 4.71. The van der Waals surface area contributed by atoms with E-state index in [1.54, 1.807) is 0 Å². The summed E-state index contributed by atoms with van der Waals surface area (Å²) in [7, 11) is 0. The molecule has 1 radical (unpaired) electrons. The molecule has 0 bridgehead atoms. The van der Waals surface area contributed by atoms with Crippen LogP contribution in [-0.2, 0) is 9.47 Å². The molecule has 2 heteroatoms. The van der Waals surface area contributed by atoms with Crippen molar-refractivity contribution in [3.05, 3.63) is 6.79 Å². The lowest BCUT2D eigenvalue weighted by molar-refractivity contribution is -0.00727. The van der Waals surface area contributed by atoms with E-state index in [1.807, 2.05) is 0 Å². The average molecular weight is 215 g/mol. The fourth-order valence-electron chi connectivity index (χ4n) is 1.45. The van der Waals surface area contributed by atoms with Gasteiger partial charge in [0.15, 0.2) is 0 Å². The largest absolute Gasteiger partial charge is 0.348 e.